The molecule has 1 heterocycles. The standard InChI is InChI=1S/C21H24N6O3S/c1-14-6-5-7-16(12-14)13-31-21-24-23-19(15(2)22-20(28)25(3)4)26(21)17-8-10-18(11-9-17)27(29)30/h5-12,15H,13H2,1-4H3,(H,22,28). The zero-order valence-corrected chi connectivity index (χ0v) is 18.6. The highest BCUT2D eigenvalue weighted by Crippen LogP contribution is 2.28. The Labute approximate surface area is 184 Å². The molecule has 1 aromatic heterocycles. The Bertz CT molecular complexity index is 1080. The fourth-order valence-corrected chi connectivity index (χ4v) is 3.85. The SMILES string of the molecule is Cc1cccc(CSc2nnc(C(C)NC(=O)N(C)C)n2-c2ccc([N+](=O)[O-])cc2)c1. The number of amides is 2. The number of thioether (sulfide) groups is 1. The third kappa shape index (κ3) is 5.40. The topological polar surface area (TPSA) is 106 Å². The molecule has 0 saturated carbocycles. The Kier molecular flexibility index (Phi) is 6.91. The molecule has 2 amide bonds. The predicted molar refractivity (Wildman–Crippen MR) is 119 cm³/mol. The second kappa shape index (κ2) is 9.61. The van der Waals surface area contributed by atoms with E-state index in [2.05, 4.69) is 21.6 Å². The van der Waals surface area contributed by atoms with E-state index < -0.39 is 11.0 Å². The molecule has 9 nitrogen and oxygen atoms in total. The van der Waals surface area contributed by atoms with Crippen molar-refractivity contribution in [2.45, 2.75) is 30.8 Å². The number of rotatable bonds is 7. The average Bonchev–Trinajstić information content (AvgIpc) is 3.16. The average molecular weight is 441 g/mol. The molecule has 0 radical (unpaired) electrons. The molecule has 0 aliphatic carbocycles. The van der Waals surface area contributed by atoms with Crippen LogP contribution in [0.2, 0.25) is 0 Å². The van der Waals surface area contributed by atoms with Crippen LogP contribution in [0.1, 0.15) is 29.9 Å². The number of non-ortho nitro benzene ring substituents is 1. The minimum Gasteiger partial charge on any atom is -0.331 e. The van der Waals surface area contributed by atoms with Gasteiger partial charge in [0.1, 0.15) is 0 Å². The lowest BCUT2D eigenvalue weighted by atomic mass is 10.2. The number of aryl methyl sites for hydroxylation is 1. The first-order chi connectivity index (χ1) is 14.8. The Morgan fingerprint density at radius 1 is 1.23 bits per heavy atom. The lowest BCUT2D eigenvalue weighted by Crippen LogP contribution is -2.37. The summed E-state index contributed by atoms with van der Waals surface area (Å²) < 4.78 is 1.82. The van der Waals surface area contributed by atoms with Gasteiger partial charge in [0.2, 0.25) is 0 Å². The van der Waals surface area contributed by atoms with E-state index in [-0.39, 0.29) is 11.7 Å². The van der Waals surface area contributed by atoms with Gasteiger partial charge in [-0.3, -0.25) is 14.7 Å². The number of nitrogens with one attached hydrogen (secondary N) is 1. The highest BCUT2D eigenvalue weighted by Gasteiger charge is 2.22. The first-order valence-electron chi connectivity index (χ1n) is 9.62. The maximum Gasteiger partial charge on any atom is 0.317 e. The van der Waals surface area contributed by atoms with Crippen LogP contribution in [0, 0.1) is 17.0 Å². The number of hydrogen-bond donors (Lipinski definition) is 1. The number of carbonyl (C=O) groups excluding carboxylic acids is 1. The van der Waals surface area contributed by atoms with E-state index in [0.29, 0.717) is 22.4 Å². The highest BCUT2D eigenvalue weighted by molar-refractivity contribution is 7.98. The van der Waals surface area contributed by atoms with Gasteiger partial charge in [-0.15, -0.1) is 10.2 Å². The van der Waals surface area contributed by atoms with Crippen LogP contribution >= 0.6 is 11.8 Å². The van der Waals surface area contributed by atoms with Crippen LogP contribution in [0.25, 0.3) is 5.69 Å². The van der Waals surface area contributed by atoms with Crippen LogP contribution in [-0.4, -0.2) is 44.7 Å². The summed E-state index contributed by atoms with van der Waals surface area (Å²) in [6.07, 6.45) is 0. The largest absolute Gasteiger partial charge is 0.331 e. The van der Waals surface area contributed by atoms with Crippen LogP contribution < -0.4 is 5.32 Å². The van der Waals surface area contributed by atoms with E-state index in [9.17, 15) is 14.9 Å². The fraction of sp³-hybridized carbons (Fsp3) is 0.286. The van der Waals surface area contributed by atoms with Crippen molar-refractivity contribution in [3.05, 3.63) is 75.6 Å². The van der Waals surface area contributed by atoms with Gasteiger partial charge in [0.05, 0.1) is 11.0 Å². The first-order valence-corrected chi connectivity index (χ1v) is 10.6. The second-order valence-electron chi connectivity index (χ2n) is 7.29. The second-order valence-corrected chi connectivity index (χ2v) is 8.24. The Balaban J connectivity index is 1.95. The summed E-state index contributed by atoms with van der Waals surface area (Å²) in [6, 6.07) is 13.7. The van der Waals surface area contributed by atoms with Crippen LogP contribution in [-0.2, 0) is 5.75 Å². The number of nitro groups is 1. The summed E-state index contributed by atoms with van der Waals surface area (Å²) in [5, 5.41) is 23.2. The summed E-state index contributed by atoms with van der Waals surface area (Å²) in [5.41, 5.74) is 3.01. The number of nitro benzene ring substituents is 1. The van der Waals surface area contributed by atoms with Crippen LogP contribution in [0.4, 0.5) is 10.5 Å². The molecule has 0 spiro atoms. The minimum absolute atomic E-state index is 0.00120. The van der Waals surface area contributed by atoms with Crippen molar-refractivity contribution in [1.29, 1.82) is 0 Å². The van der Waals surface area contributed by atoms with E-state index in [1.165, 1.54) is 34.4 Å². The molecule has 0 aliphatic heterocycles. The summed E-state index contributed by atoms with van der Waals surface area (Å²) in [4.78, 5) is 24.2. The molecular formula is C21H24N6O3S. The van der Waals surface area contributed by atoms with Crippen LogP contribution in [0.5, 0.6) is 0 Å². The van der Waals surface area contributed by atoms with Gasteiger partial charge in [0, 0.05) is 37.7 Å². The zero-order valence-electron chi connectivity index (χ0n) is 17.8. The van der Waals surface area contributed by atoms with E-state index in [4.69, 9.17) is 0 Å². The summed E-state index contributed by atoms with van der Waals surface area (Å²) >= 11 is 1.51. The molecule has 3 aromatic rings. The van der Waals surface area contributed by atoms with E-state index >= 15 is 0 Å². The minimum atomic E-state index is -0.440. The lowest BCUT2D eigenvalue weighted by molar-refractivity contribution is -0.384. The highest BCUT2D eigenvalue weighted by atomic mass is 32.2. The third-order valence-corrected chi connectivity index (χ3v) is 5.56. The zero-order chi connectivity index (χ0) is 22.5. The molecule has 10 heteroatoms. The van der Waals surface area contributed by atoms with Crippen molar-refractivity contribution in [3.8, 4) is 5.69 Å². The molecule has 3 rings (SSSR count). The van der Waals surface area contributed by atoms with Crippen molar-refractivity contribution in [2.75, 3.05) is 14.1 Å². The molecule has 1 atom stereocenters. The monoisotopic (exact) mass is 440 g/mol. The normalized spacial score (nSPS) is 11.7. The van der Waals surface area contributed by atoms with Crippen LogP contribution in [0.15, 0.2) is 53.7 Å². The number of urea groups is 1. The number of carbonyl (C=O) groups is 1. The first kappa shape index (κ1) is 22.3. The molecule has 1 unspecified atom stereocenters. The van der Waals surface area contributed by atoms with Gasteiger partial charge in [0.15, 0.2) is 11.0 Å². The Morgan fingerprint density at radius 3 is 2.55 bits per heavy atom. The van der Waals surface area contributed by atoms with Gasteiger partial charge >= 0.3 is 6.03 Å². The van der Waals surface area contributed by atoms with Gasteiger partial charge in [-0.25, -0.2) is 4.79 Å². The van der Waals surface area contributed by atoms with Crippen molar-refractivity contribution < 1.29 is 9.72 Å². The molecule has 2 aromatic carbocycles. The van der Waals surface area contributed by atoms with E-state index in [1.807, 2.05) is 36.6 Å². The summed E-state index contributed by atoms with van der Waals surface area (Å²) in [6.45, 7) is 3.86. The Hall–Kier alpha value is -3.40. The molecular weight excluding hydrogens is 416 g/mol. The van der Waals surface area contributed by atoms with Gasteiger partial charge in [0.25, 0.3) is 5.69 Å². The number of aromatic nitrogens is 3. The van der Waals surface area contributed by atoms with Crippen molar-refractivity contribution in [1.82, 2.24) is 25.0 Å². The van der Waals surface area contributed by atoms with Gasteiger partial charge < -0.3 is 10.2 Å². The fourth-order valence-electron chi connectivity index (χ4n) is 2.95. The maximum atomic E-state index is 12.1. The number of hydrogen-bond acceptors (Lipinski definition) is 6. The van der Waals surface area contributed by atoms with E-state index in [1.54, 1.807) is 26.2 Å². The van der Waals surface area contributed by atoms with Gasteiger partial charge in [-0.1, -0.05) is 41.6 Å². The Morgan fingerprint density at radius 2 is 1.94 bits per heavy atom. The van der Waals surface area contributed by atoms with Gasteiger partial charge in [-0.2, -0.15) is 0 Å². The smallest absolute Gasteiger partial charge is 0.317 e. The van der Waals surface area contributed by atoms with Crippen molar-refractivity contribution in [3.63, 3.8) is 0 Å². The molecule has 1 N–H and O–H groups in total. The number of nitrogens with zero attached hydrogens (tertiary/aromatic N) is 5. The molecule has 162 valence electrons. The molecule has 0 aliphatic rings. The summed E-state index contributed by atoms with van der Waals surface area (Å²) in [5.74, 6) is 1.22. The molecule has 0 fully saturated rings. The third-order valence-electron chi connectivity index (χ3n) is 4.56. The summed E-state index contributed by atoms with van der Waals surface area (Å²) in [7, 11) is 3.32. The molecule has 0 bridgehead atoms. The van der Waals surface area contributed by atoms with Crippen molar-refractivity contribution in [2.24, 2.45) is 0 Å². The lowest BCUT2D eigenvalue weighted by Gasteiger charge is -2.19. The van der Waals surface area contributed by atoms with Crippen molar-refractivity contribution >= 4 is 23.5 Å². The molecule has 0 saturated heterocycles. The van der Waals surface area contributed by atoms with Crippen LogP contribution in [0.3, 0.4) is 0 Å². The maximum absolute atomic E-state index is 12.1. The van der Waals surface area contributed by atoms with Gasteiger partial charge in [-0.05, 0) is 31.5 Å². The van der Waals surface area contributed by atoms with E-state index in [0.717, 1.165) is 5.56 Å². The predicted octanol–water partition coefficient (Wildman–Crippen LogP) is 4.11. The molecule has 31 heavy (non-hydrogen) atoms. The quantitative estimate of drug-likeness (QED) is 0.337. The number of benzene rings is 2.